The topological polar surface area (TPSA) is 0 Å². The van der Waals surface area contributed by atoms with Crippen LogP contribution in [0.15, 0.2) is 41.0 Å². The highest BCUT2D eigenvalue weighted by molar-refractivity contribution is 7.81. The van der Waals surface area contributed by atoms with Crippen LogP contribution in [0.3, 0.4) is 0 Å². The minimum atomic E-state index is -0.254. The van der Waals surface area contributed by atoms with Crippen LogP contribution in [0.4, 0.5) is 0 Å². The van der Waals surface area contributed by atoms with Crippen molar-refractivity contribution < 1.29 is 0 Å². The van der Waals surface area contributed by atoms with E-state index < -0.39 is 0 Å². The summed E-state index contributed by atoms with van der Waals surface area (Å²) in [5.41, 5.74) is 0.319. The number of rotatable bonds is 1. The number of benzene rings is 1. The molecule has 0 N–H and O–H groups in total. The molecule has 0 aromatic heterocycles. The van der Waals surface area contributed by atoms with E-state index in [-0.39, 0.29) is 18.8 Å². The van der Waals surface area contributed by atoms with E-state index >= 15 is 0 Å². The van der Waals surface area contributed by atoms with Gasteiger partial charge in [0.15, 0.2) is 0 Å². The van der Waals surface area contributed by atoms with E-state index in [4.69, 9.17) is 0 Å². The Kier molecular flexibility index (Phi) is 3.63. The summed E-state index contributed by atoms with van der Waals surface area (Å²) in [7, 11) is -0.254. The van der Waals surface area contributed by atoms with Crippen LogP contribution in [0.1, 0.15) is 41.5 Å². The van der Waals surface area contributed by atoms with Gasteiger partial charge in [-0.05, 0) is 44.7 Å². The van der Waals surface area contributed by atoms with E-state index in [1.54, 1.807) is 5.31 Å². The van der Waals surface area contributed by atoms with Crippen molar-refractivity contribution in [2.24, 2.45) is 10.8 Å². The van der Waals surface area contributed by atoms with Crippen molar-refractivity contribution >= 4 is 13.2 Å². The quantitative estimate of drug-likeness (QED) is 0.491. The summed E-state index contributed by atoms with van der Waals surface area (Å²) in [5, 5.41) is 4.43. The lowest BCUT2D eigenvalue weighted by Gasteiger charge is -2.15. The molecule has 0 nitrogen and oxygen atoms in total. The summed E-state index contributed by atoms with van der Waals surface area (Å²) in [6.07, 6.45) is 0. The van der Waals surface area contributed by atoms with Gasteiger partial charge in [0.25, 0.3) is 0 Å². The van der Waals surface area contributed by atoms with E-state index in [0.29, 0.717) is 0 Å². The van der Waals surface area contributed by atoms with Gasteiger partial charge in [-0.15, -0.1) is 0 Å². The predicted molar refractivity (Wildman–Crippen MR) is 86.7 cm³/mol. The van der Waals surface area contributed by atoms with Gasteiger partial charge in [0.2, 0.25) is 0 Å². The molecule has 0 saturated heterocycles. The van der Waals surface area contributed by atoms with Gasteiger partial charge in [-0.2, -0.15) is 0 Å². The number of allylic oxidation sites excluding steroid dienone is 2. The molecule has 1 aromatic carbocycles. The van der Waals surface area contributed by atoms with Crippen molar-refractivity contribution in [3.05, 3.63) is 41.0 Å². The van der Waals surface area contributed by atoms with Crippen LogP contribution in [0, 0.1) is 22.7 Å². The first-order chi connectivity index (χ1) is 8.70. The van der Waals surface area contributed by atoms with Crippen LogP contribution in [-0.2, 0) is 0 Å². The maximum Gasteiger partial charge on any atom is 0.0390 e. The molecular formula is C18H23P. The van der Waals surface area contributed by atoms with Gasteiger partial charge in [-0.25, -0.2) is 0 Å². The van der Waals surface area contributed by atoms with Crippen LogP contribution in [-0.4, -0.2) is 0 Å². The molecule has 0 bridgehead atoms. The molecular weight excluding hydrogens is 247 g/mol. The fourth-order valence-electron chi connectivity index (χ4n) is 2.05. The van der Waals surface area contributed by atoms with E-state index in [2.05, 4.69) is 83.7 Å². The first-order valence-electron chi connectivity index (χ1n) is 6.83. The van der Waals surface area contributed by atoms with Crippen molar-refractivity contribution in [3.8, 4) is 11.8 Å². The number of hydrogen-bond acceptors (Lipinski definition) is 0. The fourth-order valence-corrected chi connectivity index (χ4v) is 4.75. The summed E-state index contributed by atoms with van der Waals surface area (Å²) < 4.78 is 0. The Morgan fingerprint density at radius 3 is 1.95 bits per heavy atom. The minimum absolute atomic E-state index is 0.0796. The normalized spacial score (nSPS) is 18.9. The Bertz CT molecular complexity index is 554. The maximum atomic E-state index is 3.46. The Labute approximate surface area is 119 Å². The standard InChI is InChI=1S/C18H23P/c1-17(2,3)13-12-15-16(18(4,5)6)19(15)14-10-8-7-9-11-14/h7-11H,1-6H3. The summed E-state index contributed by atoms with van der Waals surface area (Å²) >= 11 is 0. The Morgan fingerprint density at radius 2 is 1.47 bits per heavy atom. The fraction of sp³-hybridized carbons (Fsp3) is 0.444. The lowest BCUT2D eigenvalue weighted by Crippen LogP contribution is -2.03. The molecule has 0 saturated carbocycles. The Balaban J connectivity index is 2.32. The summed E-state index contributed by atoms with van der Waals surface area (Å²) in [5.74, 6) is 6.85. The van der Waals surface area contributed by atoms with Crippen LogP contribution in [0.25, 0.3) is 0 Å². The van der Waals surface area contributed by atoms with Crippen molar-refractivity contribution in [1.82, 2.24) is 0 Å². The van der Waals surface area contributed by atoms with E-state index in [0.717, 1.165) is 0 Å². The van der Waals surface area contributed by atoms with Crippen LogP contribution < -0.4 is 5.30 Å². The van der Waals surface area contributed by atoms with Crippen molar-refractivity contribution in [3.63, 3.8) is 0 Å². The zero-order valence-corrected chi connectivity index (χ0v) is 13.7. The molecule has 0 radical (unpaired) electrons. The lowest BCUT2D eigenvalue weighted by molar-refractivity contribution is 0.538. The van der Waals surface area contributed by atoms with Crippen molar-refractivity contribution in [2.75, 3.05) is 0 Å². The minimum Gasteiger partial charge on any atom is -0.0919 e. The molecule has 1 atom stereocenters. The molecule has 1 aliphatic rings. The summed E-state index contributed by atoms with van der Waals surface area (Å²) in [6, 6.07) is 10.8. The van der Waals surface area contributed by atoms with Gasteiger partial charge in [-0.3, -0.25) is 0 Å². The second-order valence-corrected chi connectivity index (χ2v) is 9.20. The second kappa shape index (κ2) is 4.81. The van der Waals surface area contributed by atoms with Gasteiger partial charge >= 0.3 is 0 Å². The Morgan fingerprint density at radius 1 is 0.895 bits per heavy atom. The third-order valence-electron chi connectivity index (χ3n) is 2.90. The first-order valence-corrected chi connectivity index (χ1v) is 8.17. The van der Waals surface area contributed by atoms with Crippen LogP contribution >= 0.6 is 7.92 Å². The van der Waals surface area contributed by atoms with Crippen molar-refractivity contribution in [1.29, 1.82) is 0 Å². The van der Waals surface area contributed by atoms with Gasteiger partial charge in [0, 0.05) is 10.7 Å². The van der Waals surface area contributed by atoms with E-state index in [1.807, 2.05) is 0 Å². The lowest BCUT2D eigenvalue weighted by atomic mass is 9.95. The highest BCUT2D eigenvalue weighted by atomic mass is 31.1. The molecule has 2 rings (SSSR count). The van der Waals surface area contributed by atoms with Crippen molar-refractivity contribution in [2.45, 2.75) is 41.5 Å². The molecule has 0 spiro atoms. The maximum absolute atomic E-state index is 3.46. The predicted octanol–water partition coefficient (Wildman–Crippen LogP) is 5.11. The first kappa shape index (κ1) is 14.4. The molecule has 19 heavy (non-hydrogen) atoms. The molecule has 1 aromatic rings. The molecule has 0 amide bonds. The molecule has 0 fully saturated rings. The molecule has 1 aliphatic heterocycles. The zero-order valence-electron chi connectivity index (χ0n) is 12.8. The number of hydrogen-bond donors (Lipinski definition) is 0. The molecule has 1 unspecified atom stereocenters. The highest BCUT2D eigenvalue weighted by Gasteiger charge is 2.43. The Hall–Kier alpha value is -1.05. The summed E-state index contributed by atoms with van der Waals surface area (Å²) in [6.45, 7) is 13.4. The smallest absolute Gasteiger partial charge is 0.0390 e. The second-order valence-electron chi connectivity index (χ2n) is 7.12. The van der Waals surface area contributed by atoms with Crippen LogP contribution in [0.2, 0.25) is 0 Å². The third-order valence-corrected chi connectivity index (χ3v) is 5.62. The highest BCUT2D eigenvalue weighted by Crippen LogP contribution is 2.73. The average molecular weight is 270 g/mol. The molecule has 1 heteroatoms. The molecule has 1 heterocycles. The molecule has 0 aliphatic carbocycles. The SMILES string of the molecule is CC(C)(C)C#CC1=C(C(C)(C)C)P1c1ccccc1. The molecule has 100 valence electrons. The third kappa shape index (κ3) is 3.49. The van der Waals surface area contributed by atoms with E-state index in [9.17, 15) is 0 Å². The zero-order chi connectivity index (χ0) is 14.3. The van der Waals surface area contributed by atoms with Crippen LogP contribution in [0.5, 0.6) is 0 Å². The van der Waals surface area contributed by atoms with Gasteiger partial charge < -0.3 is 0 Å². The van der Waals surface area contributed by atoms with Gasteiger partial charge in [0.1, 0.15) is 0 Å². The van der Waals surface area contributed by atoms with E-state index in [1.165, 1.54) is 10.6 Å². The van der Waals surface area contributed by atoms with Gasteiger partial charge in [-0.1, -0.05) is 62.9 Å². The van der Waals surface area contributed by atoms with Gasteiger partial charge in [0.05, 0.1) is 0 Å². The summed E-state index contributed by atoms with van der Waals surface area (Å²) in [4.78, 5) is 0. The monoisotopic (exact) mass is 270 g/mol. The largest absolute Gasteiger partial charge is 0.0919 e. The average Bonchev–Trinajstić information content (AvgIpc) is 3.01.